The van der Waals surface area contributed by atoms with Crippen molar-refractivity contribution >= 4 is 15.9 Å². The predicted octanol–water partition coefficient (Wildman–Crippen LogP) is 3.22. The second-order valence-corrected chi connectivity index (χ2v) is 5.31. The van der Waals surface area contributed by atoms with Crippen LogP contribution >= 0.6 is 15.9 Å². The molecule has 2 aromatic rings. The Morgan fingerprint density at radius 2 is 2.11 bits per heavy atom. The van der Waals surface area contributed by atoms with Gasteiger partial charge in [0.25, 0.3) is 0 Å². The Balaban J connectivity index is 2.38. The largest absolute Gasteiger partial charge is 0.336 e. The van der Waals surface area contributed by atoms with Crippen LogP contribution < -0.4 is 5.32 Å². The minimum atomic E-state index is 0.903. The fourth-order valence-electron chi connectivity index (χ4n) is 1.93. The third kappa shape index (κ3) is 2.82. The number of likely N-dealkylation sites (N-methyl/N-ethyl adjacent to an activating group) is 1. The van der Waals surface area contributed by atoms with E-state index < -0.39 is 0 Å². The van der Waals surface area contributed by atoms with E-state index in [4.69, 9.17) is 0 Å². The van der Waals surface area contributed by atoms with Crippen molar-refractivity contribution in [3.63, 3.8) is 0 Å². The Kier molecular flexibility index (Phi) is 4.19. The van der Waals surface area contributed by atoms with Crippen LogP contribution in [0, 0.1) is 13.8 Å². The molecule has 2 N–H and O–H groups in total. The first-order chi connectivity index (χ1) is 8.61. The van der Waals surface area contributed by atoms with Crippen LogP contribution in [0.15, 0.2) is 22.8 Å². The highest BCUT2D eigenvalue weighted by Crippen LogP contribution is 2.29. The zero-order valence-corrected chi connectivity index (χ0v) is 12.6. The maximum Gasteiger partial charge on any atom is 0.110 e. The van der Waals surface area contributed by atoms with Crippen molar-refractivity contribution in [2.75, 3.05) is 13.6 Å². The van der Waals surface area contributed by atoms with E-state index in [1.54, 1.807) is 0 Å². The Labute approximate surface area is 116 Å². The summed E-state index contributed by atoms with van der Waals surface area (Å²) in [5.41, 5.74) is 4.69. The van der Waals surface area contributed by atoms with Gasteiger partial charge in [0.05, 0.1) is 0 Å². The van der Waals surface area contributed by atoms with E-state index in [9.17, 15) is 0 Å². The molecule has 0 amide bonds. The van der Waals surface area contributed by atoms with Crippen LogP contribution in [0.4, 0.5) is 0 Å². The van der Waals surface area contributed by atoms with Crippen LogP contribution in [0.1, 0.15) is 17.0 Å². The standard InChI is InChI=1S/C14H18BrN3/c1-9-4-5-10(2)11(8-9)13-14(15)18-12(17-13)6-7-16-3/h4-5,8,16H,6-7H2,1-3H3,(H,17,18). The lowest BCUT2D eigenvalue weighted by atomic mass is 10.0. The van der Waals surface area contributed by atoms with Crippen LogP contribution in [-0.4, -0.2) is 23.6 Å². The molecule has 3 nitrogen and oxygen atoms in total. The van der Waals surface area contributed by atoms with Gasteiger partial charge in [-0.2, -0.15) is 0 Å². The summed E-state index contributed by atoms with van der Waals surface area (Å²) in [4.78, 5) is 7.97. The molecule has 0 aliphatic carbocycles. The van der Waals surface area contributed by atoms with Crippen LogP contribution in [0.3, 0.4) is 0 Å². The second-order valence-electron chi connectivity index (χ2n) is 4.52. The number of H-pyrrole nitrogens is 1. The van der Waals surface area contributed by atoms with Crippen LogP contribution in [0.25, 0.3) is 11.3 Å². The number of benzene rings is 1. The first-order valence-corrected chi connectivity index (χ1v) is 6.87. The number of halogens is 1. The molecular formula is C14H18BrN3. The minimum Gasteiger partial charge on any atom is -0.336 e. The maximum atomic E-state index is 4.68. The molecule has 1 aromatic heterocycles. The number of aromatic nitrogens is 2. The average Bonchev–Trinajstić information content (AvgIpc) is 2.71. The number of aromatic amines is 1. The summed E-state index contributed by atoms with van der Waals surface area (Å²) < 4.78 is 0.960. The highest BCUT2D eigenvalue weighted by atomic mass is 79.9. The first-order valence-electron chi connectivity index (χ1n) is 6.08. The van der Waals surface area contributed by atoms with Gasteiger partial charge in [-0.1, -0.05) is 17.7 Å². The summed E-state index contributed by atoms with van der Waals surface area (Å²) >= 11 is 3.57. The van der Waals surface area contributed by atoms with E-state index in [1.165, 1.54) is 16.7 Å². The van der Waals surface area contributed by atoms with E-state index >= 15 is 0 Å². The van der Waals surface area contributed by atoms with Crippen LogP contribution in [-0.2, 0) is 6.42 Å². The van der Waals surface area contributed by atoms with Gasteiger partial charge in [0.1, 0.15) is 16.1 Å². The fourth-order valence-corrected chi connectivity index (χ4v) is 2.46. The van der Waals surface area contributed by atoms with Gasteiger partial charge < -0.3 is 10.3 Å². The molecule has 0 bridgehead atoms. The van der Waals surface area contributed by atoms with Crippen molar-refractivity contribution < 1.29 is 0 Å². The lowest BCUT2D eigenvalue weighted by molar-refractivity contribution is 0.764. The monoisotopic (exact) mass is 307 g/mol. The summed E-state index contributed by atoms with van der Waals surface area (Å²) in [5.74, 6) is 1.01. The summed E-state index contributed by atoms with van der Waals surface area (Å²) in [6.07, 6.45) is 0.903. The molecule has 0 saturated heterocycles. The molecule has 96 valence electrons. The van der Waals surface area contributed by atoms with Gasteiger partial charge in [0.15, 0.2) is 0 Å². The minimum absolute atomic E-state index is 0.903. The second kappa shape index (κ2) is 5.67. The number of hydrogen-bond donors (Lipinski definition) is 2. The van der Waals surface area contributed by atoms with E-state index in [1.807, 2.05) is 7.05 Å². The highest BCUT2D eigenvalue weighted by molar-refractivity contribution is 9.10. The molecular weight excluding hydrogens is 290 g/mol. The Bertz CT molecular complexity index is 546. The van der Waals surface area contributed by atoms with Gasteiger partial charge in [0, 0.05) is 18.5 Å². The van der Waals surface area contributed by atoms with Crippen LogP contribution in [0.2, 0.25) is 0 Å². The summed E-state index contributed by atoms with van der Waals surface area (Å²) in [7, 11) is 1.95. The van der Waals surface area contributed by atoms with E-state index in [-0.39, 0.29) is 0 Å². The first kappa shape index (κ1) is 13.3. The Morgan fingerprint density at radius 1 is 1.33 bits per heavy atom. The predicted molar refractivity (Wildman–Crippen MR) is 78.8 cm³/mol. The van der Waals surface area contributed by atoms with Crippen molar-refractivity contribution in [1.29, 1.82) is 0 Å². The molecule has 2 rings (SSSR count). The lowest BCUT2D eigenvalue weighted by Gasteiger charge is -2.04. The molecule has 0 saturated carbocycles. The van der Waals surface area contributed by atoms with Crippen molar-refractivity contribution in [2.45, 2.75) is 20.3 Å². The highest BCUT2D eigenvalue weighted by Gasteiger charge is 2.12. The topological polar surface area (TPSA) is 40.7 Å². The molecule has 0 aliphatic heterocycles. The molecule has 0 aliphatic rings. The molecule has 4 heteroatoms. The molecule has 0 radical (unpaired) electrons. The van der Waals surface area contributed by atoms with Crippen molar-refractivity contribution in [3.05, 3.63) is 39.8 Å². The van der Waals surface area contributed by atoms with Gasteiger partial charge in [-0.3, -0.25) is 0 Å². The number of imidazole rings is 1. The van der Waals surface area contributed by atoms with E-state index in [2.05, 4.69) is 63.3 Å². The maximum absolute atomic E-state index is 4.68. The molecule has 0 fully saturated rings. The smallest absolute Gasteiger partial charge is 0.110 e. The fraction of sp³-hybridized carbons (Fsp3) is 0.357. The molecule has 0 unspecified atom stereocenters. The summed E-state index contributed by atoms with van der Waals surface area (Å²) in [6, 6.07) is 6.44. The third-order valence-corrected chi connectivity index (χ3v) is 3.54. The van der Waals surface area contributed by atoms with Gasteiger partial charge in [0.2, 0.25) is 0 Å². The molecule has 1 aromatic carbocycles. The number of nitrogens with one attached hydrogen (secondary N) is 2. The normalized spacial score (nSPS) is 10.9. The Morgan fingerprint density at radius 3 is 2.83 bits per heavy atom. The zero-order valence-electron chi connectivity index (χ0n) is 11.0. The number of aryl methyl sites for hydroxylation is 2. The quantitative estimate of drug-likeness (QED) is 0.910. The van der Waals surface area contributed by atoms with E-state index in [0.717, 1.165) is 29.1 Å². The third-order valence-electron chi connectivity index (χ3n) is 2.97. The summed E-state index contributed by atoms with van der Waals surface area (Å²) in [6.45, 7) is 5.14. The van der Waals surface area contributed by atoms with Gasteiger partial charge >= 0.3 is 0 Å². The molecule has 1 heterocycles. The molecule has 0 spiro atoms. The van der Waals surface area contributed by atoms with Gasteiger partial charge in [-0.25, -0.2) is 4.98 Å². The average molecular weight is 308 g/mol. The van der Waals surface area contributed by atoms with Crippen molar-refractivity contribution in [2.24, 2.45) is 0 Å². The Hall–Kier alpha value is -1.13. The molecule has 0 atom stereocenters. The zero-order chi connectivity index (χ0) is 13.1. The van der Waals surface area contributed by atoms with Crippen LogP contribution in [0.5, 0.6) is 0 Å². The number of hydrogen-bond acceptors (Lipinski definition) is 2. The number of rotatable bonds is 4. The van der Waals surface area contributed by atoms with Crippen molar-refractivity contribution in [1.82, 2.24) is 15.3 Å². The summed E-state index contributed by atoms with van der Waals surface area (Å²) in [5, 5.41) is 3.13. The SMILES string of the molecule is CNCCc1nc(-c2cc(C)ccc2C)c(Br)[nH]1. The van der Waals surface area contributed by atoms with Gasteiger partial charge in [-0.15, -0.1) is 0 Å². The number of nitrogens with zero attached hydrogens (tertiary/aromatic N) is 1. The lowest BCUT2D eigenvalue weighted by Crippen LogP contribution is -2.11. The van der Waals surface area contributed by atoms with E-state index in [0.29, 0.717) is 0 Å². The molecule has 18 heavy (non-hydrogen) atoms. The van der Waals surface area contributed by atoms with Crippen molar-refractivity contribution in [3.8, 4) is 11.3 Å². The van der Waals surface area contributed by atoms with Gasteiger partial charge in [-0.05, 0) is 48.5 Å².